The van der Waals surface area contributed by atoms with Crippen LogP contribution in [0.2, 0.25) is 5.02 Å². The van der Waals surface area contributed by atoms with Gasteiger partial charge in [-0.2, -0.15) is 0 Å². The van der Waals surface area contributed by atoms with E-state index in [-0.39, 0.29) is 11.6 Å². The van der Waals surface area contributed by atoms with Gasteiger partial charge >= 0.3 is 0 Å². The summed E-state index contributed by atoms with van der Waals surface area (Å²) in [5, 5.41) is 4.17. The molecule has 0 radical (unpaired) electrons. The minimum absolute atomic E-state index is 0.147. The average Bonchev–Trinajstić information content (AvgIpc) is 2.36. The summed E-state index contributed by atoms with van der Waals surface area (Å²) in [6.07, 6.45) is 1.90. The third-order valence-corrected chi connectivity index (χ3v) is 3.83. The van der Waals surface area contributed by atoms with Gasteiger partial charge in [-0.3, -0.25) is 0 Å². The van der Waals surface area contributed by atoms with Crippen molar-refractivity contribution in [3.63, 3.8) is 0 Å². The normalized spacial score (nSPS) is 16.3. The van der Waals surface area contributed by atoms with Crippen molar-refractivity contribution in [1.82, 2.24) is 5.32 Å². The zero-order valence-corrected chi connectivity index (χ0v) is 12.6. The monoisotopic (exact) mass is 269 g/mol. The second-order valence-electron chi connectivity index (χ2n) is 4.77. The number of benzene rings is 1. The molecule has 102 valence electrons. The molecule has 0 fully saturated rings. The molecule has 0 aliphatic carbocycles. The van der Waals surface area contributed by atoms with Crippen LogP contribution in [0.3, 0.4) is 0 Å². The highest BCUT2D eigenvalue weighted by molar-refractivity contribution is 6.30. The van der Waals surface area contributed by atoms with Gasteiger partial charge in [0.2, 0.25) is 0 Å². The summed E-state index contributed by atoms with van der Waals surface area (Å²) in [6.45, 7) is 7.11. The quantitative estimate of drug-likeness (QED) is 0.815. The maximum Gasteiger partial charge on any atom is 0.0807 e. The van der Waals surface area contributed by atoms with Crippen LogP contribution < -0.4 is 5.32 Å². The first-order chi connectivity index (χ1) is 8.55. The molecule has 18 heavy (non-hydrogen) atoms. The minimum Gasteiger partial charge on any atom is -0.374 e. The molecule has 0 aliphatic rings. The number of ether oxygens (including phenoxy) is 1. The van der Waals surface area contributed by atoms with E-state index in [1.165, 1.54) is 5.56 Å². The number of hydrogen-bond donors (Lipinski definition) is 1. The Kier molecular flexibility index (Phi) is 6.13. The van der Waals surface area contributed by atoms with Gasteiger partial charge in [-0.05, 0) is 51.4 Å². The van der Waals surface area contributed by atoms with Gasteiger partial charge in [-0.15, -0.1) is 0 Å². The SMILES string of the molecule is CCOC(C)(CC)C(Cc1cccc(Cl)c1)NC. The van der Waals surface area contributed by atoms with Crippen LogP contribution in [0.1, 0.15) is 32.8 Å². The maximum absolute atomic E-state index is 6.03. The number of likely N-dealkylation sites (N-methyl/N-ethyl adjacent to an activating group) is 1. The number of halogens is 1. The first kappa shape index (κ1) is 15.5. The summed E-state index contributed by atoms with van der Waals surface area (Å²) in [5.74, 6) is 0. The molecule has 0 heterocycles. The summed E-state index contributed by atoms with van der Waals surface area (Å²) in [7, 11) is 1.99. The van der Waals surface area contributed by atoms with E-state index in [0.29, 0.717) is 0 Å². The van der Waals surface area contributed by atoms with Crippen LogP contribution in [0.25, 0.3) is 0 Å². The minimum atomic E-state index is -0.147. The largest absolute Gasteiger partial charge is 0.374 e. The molecule has 1 aromatic rings. The summed E-state index contributed by atoms with van der Waals surface area (Å²) in [4.78, 5) is 0. The zero-order valence-electron chi connectivity index (χ0n) is 11.8. The summed E-state index contributed by atoms with van der Waals surface area (Å²) < 4.78 is 5.94. The smallest absolute Gasteiger partial charge is 0.0807 e. The van der Waals surface area contributed by atoms with Crippen LogP contribution in [0, 0.1) is 0 Å². The van der Waals surface area contributed by atoms with Crippen molar-refractivity contribution in [3.8, 4) is 0 Å². The van der Waals surface area contributed by atoms with Gasteiger partial charge in [-0.25, -0.2) is 0 Å². The van der Waals surface area contributed by atoms with Gasteiger partial charge in [0, 0.05) is 17.7 Å². The van der Waals surface area contributed by atoms with Crippen molar-refractivity contribution in [2.45, 2.75) is 45.3 Å². The highest BCUT2D eigenvalue weighted by atomic mass is 35.5. The highest BCUT2D eigenvalue weighted by Gasteiger charge is 2.32. The first-order valence-electron chi connectivity index (χ1n) is 6.61. The van der Waals surface area contributed by atoms with E-state index in [2.05, 4.69) is 25.2 Å². The first-order valence-corrected chi connectivity index (χ1v) is 6.99. The third kappa shape index (κ3) is 3.98. The van der Waals surface area contributed by atoms with Crippen molar-refractivity contribution in [3.05, 3.63) is 34.9 Å². The third-order valence-electron chi connectivity index (χ3n) is 3.59. The summed E-state index contributed by atoms with van der Waals surface area (Å²) in [6, 6.07) is 8.31. The molecule has 3 heteroatoms. The fourth-order valence-corrected chi connectivity index (χ4v) is 2.51. The Balaban J connectivity index is 2.83. The highest BCUT2D eigenvalue weighted by Crippen LogP contribution is 2.24. The number of rotatable bonds is 7. The van der Waals surface area contributed by atoms with Crippen LogP contribution in [0.5, 0.6) is 0 Å². The van der Waals surface area contributed by atoms with Crippen LogP contribution in [-0.2, 0) is 11.2 Å². The van der Waals surface area contributed by atoms with Crippen molar-refractivity contribution in [2.75, 3.05) is 13.7 Å². The maximum atomic E-state index is 6.03. The van der Waals surface area contributed by atoms with E-state index in [1.807, 2.05) is 32.2 Å². The fourth-order valence-electron chi connectivity index (χ4n) is 2.30. The molecule has 0 aromatic heterocycles. The molecule has 1 rings (SSSR count). The Hall–Kier alpha value is -0.570. The van der Waals surface area contributed by atoms with Crippen molar-refractivity contribution in [2.24, 2.45) is 0 Å². The lowest BCUT2D eigenvalue weighted by Gasteiger charge is -2.37. The molecule has 0 saturated carbocycles. The van der Waals surface area contributed by atoms with Gasteiger partial charge < -0.3 is 10.1 Å². The molecule has 2 unspecified atom stereocenters. The lowest BCUT2D eigenvalue weighted by molar-refractivity contribution is -0.0534. The predicted octanol–water partition coefficient (Wildman–Crippen LogP) is 3.68. The molecule has 0 amide bonds. The van der Waals surface area contributed by atoms with E-state index < -0.39 is 0 Å². The van der Waals surface area contributed by atoms with Gasteiger partial charge in [0.05, 0.1) is 5.60 Å². The topological polar surface area (TPSA) is 21.3 Å². The van der Waals surface area contributed by atoms with Gasteiger partial charge in [-0.1, -0.05) is 30.7 Å². The molecule has 2 nitrogen and oxygen atoms in total. The molecular formula is C15H24ClNO. The summed E-state index contributed by atoms with van der Waals surface area (Å²) >= 11 is 6.03. The predicted molar refractivity (Wildman–Crippen MR) is 78.3 cm³/mol. The van der Waals surface area contributed by atoms with Gasteiger partial charge in [0.15, 0.2) is 0 Å². The Morgan fingerprint density at radius 1 is 1.39 bits per heavy atom. The lowest BCUT2D eigenvalue weighted by Crippen LogP contribution is -2.50. The van der Waals surface area contributed by atoms with E-state index in [9.17, 15) is 0 Å². The molecule has 0 aliphatic heterocycles. The van der Waals surface area contributed by atoms with Crippen molar-refractivity contribution < 1.29 is 4.74 Å². The lowest BCUT2D eigenvalue weighted by atomic mass is 9.88. The molecule has 0 spiro atoms. The number of nitrogens with one attached hydrogen (secondary N) is 1. The molecule has 0 saturated heterocycles. The molecule has 2 atom stereocenters. The Morgan fingerprint density at radius 3 is 2.61 bits per heavy atom. The Morgan fingerprint density at radius 2 is 2.11 bits per heavy atom. The Bertz CT molecular complexity index is 369. The molecule has 1 aromatic carbocycles. The van der Waals surface area contributed by atoms with Crippen LogP contribution in [0.4, 0.5) is 0 Å². The zero-order chi connectivity index (χ0) is 13.6. The van der Waals surface area contributed by atoms with Gasteiger partial charge in [0.25, 0.3) is 0 Å². The van der Waals surface area contributed by atoms with E-state index in [4.69, 9.17) is 16.3 Å². The van der Waals surface area contributed by atoms with Crippen molar-refractivity contribution >= 4 is 11.6 Å². The van der Waals surface area contributed by atoms with Crippen LogP contribution in [-0.4, -0.2) is 25.3 Å². The molecule has 1 N–H and O–H groups in total. The average molecular weight is 270 g/mol. The van der Waals surface area contributed by atoms with Crippen LogP contribution in [0.15, 0.2) is 24.3 Å². The summed E-state index contributed by atoms with van der Waals surface area (Å²) in [5.41, 5.74) is 1.09. The van der Waals surface area contributed by atoms with E-state index in [0.717, 1.165) is 24.5 Å². The molecule has 0 bridgehead atoms. The van der Waals surface area contributed by atoms with Crippen molar-refractivity contribution in [1.29, 1.82) is 0 Å². The molecular weight excluding hydrogens is 246 g/mol. The number of hydrogen-bond acceptors (Lipinski definition) is 2. The fraction of sp³-hybridized carbons (Fsp3) is 0.600. The standard InChI is InChI=1S/C15H24ClNO/c1-5-15(3,18-6-2)14(17-4)11-12-8-7-9-13(16)10-12/h7-10,14,17H,5-6,11H2,1-4H3. The van der Waals surface area contributed by atoms with Gasteiger partial charge in [0.1, 0.15) is 0 Å². The van der Waals surface area contributed by atoms with Crippen LogP contribution >= 0.6 is 11.6 Å². The Labute approximate surface area is 116 Å². The second-order valence-corrected chi connectivity index (χ2v) is 5.21. The second kappa shape index (κ2) is 7.13. The van der Waals surface area contributed by atoms with E-state index in [1.54, 1.807) is 0 Å². The van der Waals surface area contributed by atoms with E-state index >= 15 is 0 Å².